The van der Waals surface area contributed by atoms with Crippen molar-refractivity contribution < 1.29 is 9.18 Å². The molecule has 0 radical (unpaired) electrons. The minimum absolute atomic E-state index is 0.245. The van der Waals surface area contributed by atoms with Crippen LogP contribution in [0, 0.1) is 5.82 Å². The van der Waals surface area contributed by atoms with Crippen LogP contribution in [0.5, 0.6) is 0 Å². The number of hydrogen-bond acceptors (Lipinski definition) is 5. The quantitative estimate of drug-likeness (QED) is 0.715. The monoisotopic (exact) mass is 194 g/mol. The Kier molecular flexibility index (Phi) is 2.10. The Morgan fingerprint density at radius 3 is 3.00 bits per heavy atom. The number of hydrazine groups is 1. The summed E-state index contributed by atoms with van der Waals surface area (Å²) in [5, 5.41) is 8.25. The lowest BCUT2D eigenvalue weighted by atomic mass is 10.3. The van der Waals surface area contributed by atoms with Crippen LogP contribution in [0.4, 0.5) is 10.1 Å². The molecule has 0 saturated carbocycles. The zero-order valence-electron chi connectivity index (χ0n) is 7.09. The van der Waals surface area contributed by atoms with Crippen molar-refractivity contribution in [1.82, 2.24) is 5.53 Å². The molecule has 5 nitrogen and oxygen atoms in total. The number of carbonyl (C=O) groups excluding carboxylic acids is 1. The van der Waals surface area contributed by atoms with Crippen molar-refractivity contribution in [3.05, 3.63) is 30.1 Å². The number of benzene rings is 1. The van der Waals surface area contributed by atoms with Gasteiger partial charge in [0, 0.05) is 0 Å². The summed E-state index contributed by atoms with van der Waals surface area (Å²) in [4.78, 5) is 10.5. The van der Waals surface area contributed by atoms with E-state index in [9.17, 15) is 9.18 Å². The van der Waals surface area contributed by atoms with Crippen LogP contribution >= 0.6 is 0 Å². The molecule has 1 aromatic rings. The first kappa shape index (κ1) is 8.61. The number of para-hydroxylation sites is 1. The third-order valence-corrected chi connectivity index (χ3v) is 1.83. The van der Waals surface area contributed by atoms with Gasteiger partial charge in [-0.15, -0.1) is 5.11 Å². The first-order valence-electron chi connectivity index (χ1n) is 3.97. The third kappa shape index (κ3) is 1.30. The molecule has 1 aromatic carbocycles. The molecule has 14 heavy (non-hydrogen) atoms. The Labute approximate surface area is 79.2 Å². The molecule has 6 heteroatoms. The number of hydrogen-bond donors (Lipinski definition) is 1. The van der Waals surface area contributed by atoms with Gasteiger partial charge in [0.05, 0.1) is 5.69 Å². The summed E-state index contributed by atoms with van der Waals surface area (Å²) in [5.74, 6) is -0.431. The van der Waals surface area contributed by atoms with Crippen molar-refractivity contribution in [2.75, 3.05) is 5.01 Å². The van der Waals surface area contributed by atoms with Crippen LogP contribution in [0.25, 0.3) is 0 Å². The summed E-state index contributed by atoms with van der Waals surface area (Å²) in [6.45, 7) is 0. The lowest BCUT2D eigenvalue weighted by molar-refractivity contribution is -0.108. The maximum absolute atomic E-state index is 13.3. The van der Waals surface area contributed by atoms with Gasteiger partial charge >= 0.3 is 0 Å². The number of carbonyl (C=O) groups is 1. The van der Waals surface area contributed by atoms with E-state index in [2.05, 4.69) is 15.9 Å². The maximum Gasteiger partial charge on any atom is 0.219 e. The third-order valence-electron chi connectivity index (χ3n) is 1.83. The van der Waals surface area contributed by atoms with E-state index in [1.54, 1.807) is 12.1 Å². The van der Waals surface area contributed by atoms with Crippen molar-refractivity contribution in [2.45, 2.75) is 6.17 Å². The molecule has 1 N–H and O–H groups in total. The Balaban J connectivity index is 2.32. The molecule has 0 amide bonds. The van der Waals surface area contributed by atoms with Crippen molar-refractivity contribution in [1.29, 1.82) is 0 Å². The first-order chi connectivity index (χ1) is 6.83. The van der Waals surface area contributed by atoms with Gasteiger partial charge in [-0.1, -0.05) is 17.4 Å². The average Bonchev–Trinajstić information content (AvgIpc) is 2.66. The van der Waals surface area contributed by atoms with Gasteiger partial charge in [-0.25, -0.2) is 9.40 Å². The van der Waals surface area contributed by atoms with Crippen LogP contribution < -0.4 is 10.5 Å². The Hall–Kier alpha value is -1.98. The summed E-state index contributed by atoms with van der Waals surface area (Å²) in [7, 11) is 0. The van der Waals surface area contributed by atoms with Crippen molar-refractivity contribution >= 4 is 12.0 Å². The largest absolute Gasteiger partial charge is 0.299 e. The molecule has 0 bridgehead atoms. The van der Waals surface area contributed by atoms with E-state index in [1.165, 1.54) is 17.1 Å². The van der Waals surface area contributed by atoms with Gasteiger partial charge in [0.25, 0.3) is 0 Å². The fourth-order valence-corrected chi connectivity index (χ4v) is 1.18. The number of halogens is 1. The number of aldehydes is 1. The number of anilines is 1. The van der Waals surface area contributed by atoms with Gasteiger partial charge in [0.15, 0.2) is 6.29 Å². The second kappa shape index (κ2) is 3.41. The van der Waals surface area contributed by atoms with Crippen LogP contribution in [0.15, 0.2) is 34.6 Å². The van der Waals surface area contributed by atoms with Crippen LogP contribution in [-0.4, -0.2) is 12.5 Å². The van der Waals surface area contributed by atoms with Crippen molar-refractivity contribution in [3.63, 3.8) is 0 Å². The summed E-state index contributed by atoms with van der Waals surface area (Å²) < 4.78 is 13.3. The van der Waals surface area contributed by atoms with Gasteiger partial charge < -0.3 is 0 Å². The molecule has 1 heterocycles. The predicted molar refractivity (Wildman–Crippen MR) is 46.7 cm³/mol. The number of nitrogens with one attached hydrogen (secondary N) is 1. The SMILES string of the molecule is O=CC1N=NNN1c1ccccc1F. The standard InChI is InChI=1S/C8H7FN4O/c9-6-3-1-2-4-7(6)13-8(5-14)10-11-12-13/h1-5,8H,(H,10,12). The molecule has 2 rings (SSSR count). The lowest BCUT2D eigenvalue weighted by Gasteiger charge is -2.19. The smallest absolute Gasteiger partial charge is 0.219 e. The second-order valence-electron chi connectivity index (χ2n) is 2.69. The molecule has 0 spiro atoms. The molecule has 1 atom stereocenters. The number of nitrogens with zero attached hydrogens (tertiary/aromatic N) is 3. The molecule has 72 valence electrons. The fraction of sp³-hybridized carbons (Fsp3) is 0.125. The van der Waals surface area contributed by atoms with E-state index in [0.29, 0.717) is 6.29 Å². The highest BCUT2D eigenvalue weighted by Crippen LogP contribution is 2.21. The van der Waals surface area contributed by atoms with E-state index < -0.39 is 12.0 Å². The van der Waals surface area contributed by atoms with Crippen molar-refractivity contribution in [3.8, 4) is 0 Å². The van der Waals surface area contributed by atoms with Crippen LogP contribution in [-0.2, 0) is 4.79 Å². The summed E-state index contributed by atoms with van der Waals surface area (Å²) in [6, 6.07) is 6.08. The molecule has 0 aliphatic carbocycles. The van der Waals surface area contributed by atoms with E-state index in [1.807, 2.05) is 0 Å². The average molecular weight is 194 g/mol. The first-order valence-corrected chi connectivity index (χ1v) is 3.97. The van der Waals surface area contributed by atoms with Gasteiger partial charge in [0.2, 0.25) is 6.17 Å². The molecule has 0 aromatic heterocycles. The molecule has 0 fully saturated rings. The molecule has 1 unspecified atom stereocenters. The zero-order chi connectivity index (χ0) is 9.97. The van der Waals surface area contributed by atoms with Crippen LogP contribution in [0.1, 0.15) is 0 Å². The highest BCUT2D eigenvalue weighted by molar-refractivity contribution is 5.65. The summed E-state index contributed by atoms with van der Waals surface area (Å²) in [5.41, 5.74) is 2.68. The Morgan fingerprint density at radius 1 is 1.50 bits per heavy atom. The highest BCUT2D eigenvalue weighted by Gasteiger charge is 2.24. The molecule has 1 aliphatic rings. The van der Waals surface area contributed by atoms with E-state index in [4.69, 9.17) is 0 Å². The highest BCUT2D eigenvalue weighted by atomic mass is 19.1. The maximum atomic E-state index is 13.3. The van der Waals surface area contributed by atoms with Gasteiger partial charge in [-0.3, -0.25) is 4.79 Å². The molecule has 1 aliphatic heterocycles. The zero-order valence-corrected chi connectivity index (χ0v) is 7.09. The normalized spacial score (nSPS) is 19.5. The van der Waals surface area contributed by atoms with Crippen LogP contribution in [0.3, 0.4) is 0 Å². The Morgan fingerprint density at radius 2 is 2.29 bits per heavy atom. The summed E-state index contributed by atoms with van der Waals surface area (Å²) >= 11 is 0. The minimum atomic E-state index is -0.799. The topological polar surface area (TPSA) is 57.1 Å². The minimum Gasteiger partial charge on any atom is -0.299 e. The van der Waals surface area contributed by atoms with Gasteiger partial charge in [0.1, 0.15) is 5.82 Å². The molecule has 0 saturated heterocycles. The fourth-order valence-electron chi connectivity index (χ4n) is 1.18. The molecular formula is C8H7FN4O. The van der Waals surface area contributed by atoms with Gasteiger partial charge in [-0.2, -0.15) is 5.53 Å². The summed E-state index contributed by atoms with van der Waals surface area (Å²) in [6.07, 6.45) is -0.220. The Bertz CT molecular complexity index is 381. The van der Waals surface area contributed by atoms with Gasteiger partial charge in [-0.05, 0) is 12.1 Å². The van der Waals surface area contributed by atoms with E-state index in [0.717, 1.165) is 0 Å². The van der Waals surface area contributed by atoms with Crippen molar-refractivity contribution in [2.24, 2.45) is 10.3 Å². The lowest BCUT2D eigenvalue weighted by Crippen LogP contribution is -2.38. The van der Waals surface area contributed by atoms with E-state index >= 15 is 0 Å². The van der Waals surface area contributed by atoms with E-state index in [-0.39, 0.29) is 5.69 Å². The molecular weight excluding hydrogens is 187 g/mol. The van der Waals surface area contributed by atoms with Crippen LogP contribution in [0.2, 0.25) is 0 Å². The predicted octanol–water partition coefficient (Wildman–Crippen LogP) is 1.04. The number of rotatable bonds is 2. The second-order valence-corrected chi connectivity index (χ2v) is 2.69.